The standard InChI is InChI=1S/C32H30N2O4S/c1-37-32(36)26-17-27-29(18-28(26)34-16-15-23-9-5-6-10-25(23)31(34)35)39-30(33-27)24-13-11-22(12-14-24)20-38-19-21-7-3-2-4-8-21/h2-10,15-18,22,24H,11-14,19-20H2,1H3. The van der Waals surface area contributed by atoms with Gasteiger partial charge in [0.1, 0.15) is 0 Å². The SMILES string of the molecule is COC(=O)c1cc2nc(C3CCC(COCc4ccccc4)CC3)sc2cc1-n1ccc2ccccc2c1=O. The molecular formula is C32H30N2O4S. The van der Waals surface area contributed by atoms with Crippen LogP contribution in [0.5, 0.6) is 0 Å². The molecule has 0 N–H and O–H groups in total. The molecule has 0 spiro atoms. The Morgan fingerprint density at radius 3 is 2.56 bits per heavy atom. The summed E-state index contributed by atoms with van der Waals surface area (Å²) < 4.78 is 13.6. The molecular weight excluding hydrogens is 508 g/mol. The Morgan fingerprint density at radius 1 is 1.00 bits per heavy atom. The predicted molar refractivity (Wildman–Crippen MR) is 155 cm³/mol. The first-order chi connectivity index (χ1) is 19.1. The predicted octanol–water partition coefficient (Wildman–Crippen LogP) is 6.88. The van der Waals surface area contributed by atoms with Crippen molar-refractivity contribution in [1.29, 1.82) is 0 Å². The minimum Gasteiger partial charge on any atom is -0.465 e. The monoisotopic (exact) mass is 538 g/mol. The zero-order chi connectivity index (χ0) is 26.8. The van der Waals surface area contributed by atoms with Gasteiger partial charge in [-0.15, -0.1) is 11.3 Å². The van der Waals surface area contributed by atoms with Crippen LogP contribution in [0.2, 0.25) is 0 Å². The van der Waals surface area contributed by atoms with Crippen molar-refractivity contribution in [1.82, 2.24) is 9.55 Å². The van der Waals surface area contributed by atoms with E-state index in [-0.39, 0.29) is 5.56 Å². The number of thiazole rings is 1. The van der Waals surface area contributed by atoms with Crippen LogP contribution in [0.3, 0.4) is 0 Å². The lowest BCUT2D eigenvalue weighted by Gasteiger charge is -2.27. The highest BCUT2D eigenvalue weighted by molar-refractivity contribution is 7.18. The van der Waals surface area contributed by atoms with Crippen LogP contribution >= 0.6 is 11.3 Å². The van der Waals surface area contributed by atoms with Gasteiger partial charge in [-0.25, -0.2) is 9.78 Å². The number of hydrogen-bond acceptors (Lipinski definition) is 6. The van der Waals surface area contributed by atoms with Gasteiger partial charge in [0.25, 0.3) is 5.56 Å². The molecule has 198 valence electrons. The molecule has 0 radical (unpaired) electrons. The molecule has 0 saturated heterocycles. The van der Waals surface area contributed by atoms with Gasteiger partial charge in [0.05, 0.1) is 40.2 Å². The van der Waals surface area contributed by atoms with E-state index in [4.69, 9.17) is 14.5 Å². The summed E-state index contributed by atoms with van der Waals surface area (Å²) in [7, 11) is 1.36. The molecule has 1 fully saturated rings. The van der Waals surface area contributed by atoms with Gasteiger partial charge >= 0.3 is 5.97 Å². The number of carbonyl (C=O) groups excluding carboxylic acids is 1. The maximum absolute atomic E-state index is 13.4. The number of ether oxygens (including phenoxy) is 2. The van der Waals surface area contributed by atoms with Crippen molar-refractivity contribution in [3.05, 3.63) is 105 Å². The van der Waals surface area contributed by atoms with Gasteiger partial charge in [-0.05, 0) is 66.8 Å². The van der Waals surface area contributed by atoms with E-state index in [1.165, 1.54) is 17.2 Å². The van der Waals surface area contributed by atoms with E-state index in [1.54, 1.807) is 29.7 Å². The zero-order valence-electron chi connectivity index (χ0n) is 21.8. The van der Waals surface area contributed by atoms with Crippen LogP contribution in [0.4, 0.5) is 0 Å². The molecule has 7 heteroatoms. The molecule has 6 nitrogen and oxygen atoms in total. The summed E-state index contributed by atoms with van der Waals surface area (Å²) in [5, 5.41) is 2.55. The van der Waals surface area contributed by atoms with E-state index in [0.29, 0.717) is 35.1 Å². The molecule has 5 aromatic rings. The van der Waals surface area contributed by atoms with Crippen LogP contribution in [-0.4, -0.2) is 29.2 Å². The Labute approximate surface area is 230 Å². The number of rotatable bonds is 7. The fourth-order valence-corrected chi connectivity index (χ4v) is 6.65. The lowest BCUT2D eigenvalue weighted by Crippen LogP contribution is -2.20. The zero-order valence-corrected chi connectivity index (χ0v) is 22.7. The number of esters is 1. The number of carbonyl (C=O) groups is 1. The average Bonchev–Trinajstić information content (AvgIpc) is 3.40. The topological polar surface area (TPSA) is 70.4 Å². The van der Waals surface area contributed by atoms with Crippen molar-refractivity contribution in [3.63, 3.8) is 0 Å². The number of pyridine rings is 1. The van der Waals surface area contributed by atoms with Crippen molar-refractivity contribution in [2.24, 2.45) is 5.92 Å². The first-order valence-electron chi connectivity index (χ1n) is 13.4. The van der Waals surface area contributed by atoms with Gasteiger partial charge in [0.15, 0.2) is 0 Å². The number of fused-ring (bicyclic) bond motifs is 2. The van der Waals surface area contributed by atoms with Crippen LogP contribution in [0.25, 0.3) is 26.7 Å². The van der Waals surface area contributed by atoms with Gasteiger partial charge in [-0.1, -0.05) is 48.5 Å². The number of nitrogens with zero attached hydrogens (tertiary/aromatic N) is 2. The number of aromatic nitrogens is 2. The highest BCUT2D eigenvalue weighted by Crippen LogP contribution is 2.40. The molecule has 39 heavy (non-hydrogen) atoms. The van der Waals surface area contributed by atoms with Gasteiger partial charge in [0.2, 0.25) is 0 Å². The van der Waals surface area contributed by atoms with Gasteiger partial charge in [0, 0.05) is 24.1 Å². The molecule has 3 aromatic carbocycles. The largest absolute Gasteiger partial charge is 0.465 e. The van der Waals surface area contributed by atoms with Crippen LogP contribution in [0.15, 0.2) is 83.8 Å². The third-order valence-electron chi connectivity index (χ3n) is 7.66. The minimum absolute atomic E-state index is 0.171. The molecule has 0 atom stereocenters. The summed E-state index contributed by atoms with van der Waals surface area (Å²) in [5.74, 6) is 0.468. The minimum atomic E-state index is -0.488. The molecule has 0 unspecified atom stereocenters. The first-order valence-corrected chi connectivity index (χ1v) is 14.2. The summed E-state index contributed by atoms with van der Waals surface area (Å²) in [6.07, 6.45) is 6.09. The van der Waals surface area contributed by atoms with Crippen molar-refractivity contribution < 1.29 is 14.3 Å². The second-order valence-corrected chi connectivity index (χ2v) is 11.2. The van der Waals surface area contributed by atoms with E-state index < -0.39 is 5.97 Å². The number of benzene rings is 3. The molecule has 1 saturated carbocycles. The van der Waals surface area contributed by atoms with Gasteiger partial charge in [-0.2, -0.15) is 0 Å². The second-order valence-electron chi connectivity index (χ2n) is 10.2. The number of hydrogen-bond donors (Lipinski definition) is 0. The lowest BCUT2D eigenvalue weighted by molar-refractivity contribution is 0.0601. The van der Waals surface area contributed by atoms with E-state index >= 15 is 0 Å². The fraction of sp³-hybridized carbons (Fsp3) is 0.281. The molecule has 1 aliphatic rings. The summed E-state index contributed by atoms with van der Waals surface area (Å²) >= 11 is 1.66. The third kappa shape index (κ3) is 5.24. The smallest absolute Gasteiger partial charge is 0.340 e. The molecule has 0 bridgehead atoms. The maximum Gasteiger partial charge on any atom is 0.340 e. The number of methoxy groups -OCH3 is 1. The Morgan fingerprint density at radius 2 is 1.77 bits per heavy atom. The quantitative estimate of drug-likeness (QED) is 0.211. The first kappa shape index (κ1) is 25.5. The van der Waals surface area contributed by atoms with E-state index in [0.717, 1.165) is 52.9 Å². The van der Waals surface area contributed by atoms with Crippen LogP contribution in [0, 0.1) is 5.92 Å². The summed E-state index contributed by atoms with van der Waals surface area (Å²) in [4.78, 5) is 31.1. The van der Waals surface area contributed by atoms with Gasteiger partial charge < -0.3 is 9.47 Å². The van der Waals surface area contributed by atoms with Crippen molar-refractivity contribution in [2.45, 2.75) is 38.2 Å². The molecule has 0 aliphatic heterocycles. The molecule has 6 rings (SSSR count). The van der Waals surface area contributed by atoms with E-state index in [9.17, 15) is 9.59 Å². The van der Waals surface area contributed by atoms with Crippen LogP contribution in [-0.2, 0) is 16.1 Å². The van der Waals surface area contributed by atoms with Crippen molar-refractivity contribution >= 4 is 38.3 Å². The van der Waals surface area contributed by atoms with Crippen LogP contribution < -0.4 is 5.56 Å². The molecule has 1 aliphatic carbocycles. The second kappa shape index (κ2) is 11.1. The van der Waals surface area contributed by atoms with Gasteiger partial charge in [-0.3, -0.25) is 9.36 Å². The molecule has 0 amide bonds. The Bertz CT molecular complexity index is 1680. The lowest BCUT2D eigenvalue weighted by atomic mass is 9.83. The Hall–Kier alpha value is -3.81. The van der Waals surface area contributed by atoms with E-state index in [1.807, 2.05) is 48.5 Å². The molecule has 2 heterocycles. The fourth-order valence-electron chi connectivity index (χ4n) is 5.50. The maximum atomic E-state index is 13.4. The Kier molecular flexibility index (Phi) is 7.26. The van der Waals surface area contributed by atoms with Crippen molar-refractivity contribution in [2.75, 3.05) is 13.7 Å². The van der Waals surface area contributed by atoms with Crippen LogP contribution in [0.1, 0.15) is 52.5 Å². The highest BCUT2D eigenvalue weighted by atomic mass is 32.1. The highest BCUT2D eigenvalue weighted by Gasteiger charge is 2.26. The van der Waals surface area contributed by atoms with Crippen molar-refractivity contribution in [3.8, 4) is 5.69 Å². The normalized spacial score (nSPS) is 17.5. The van der Waals surface area contributed by atoms with E-state index in [2.05, 4.69) is 12.1 Å². The third-order valence-corrected chi connectivity index (χ3v) is 8.84. The summed E-state index contributed by atoms with van der Waals surface area (Å²) in [5.41, 5.74) is 2.65. The summed E-state index contributed by atoms with van der Waals surface area (Å²) in [6.45, 7) is 1.44. The average molecular weight is 539 g/mol. The summed E-state index contributed by atoms with van der Waals surface area (Å²) in [6, 6.07) is 23.3. The Balaban J connectivity index is 1.23. The molecule has 2 aromatic heterocycles.